The van der Waals surface area contributed by atoms with Gasteiger partial charge in [0.05, 0.1) is 35.3 Å². The topological polar surface area (TPSA) is 121 Å². The van der Waals surface area contributed by atoms with Crippen LogP contribution in [0.15, 0.2) is 72.8 Å². The number of aliphatic hydroxyl groups excluding tert-OH is 1. The van der Waals surface area contributed by atoms with E-state index in [4.69, 9.17) is 4.74 Å². The molecule has 0 bridgehead atoms. The molecule has 228 valence electrons. The number of rotatable bonds is 7. The van der Waals surface area contributed by atoms with Crippen molar-refractivity contribution < 1.29 is 24.2 Å². The summed E-state index contributed by atoms with van der Waals surface area (Å²) in [5.74, 6) is -1.49. The summed E-state index contributed by atoms with van der Waals surface area (Å²) in [6.45, 7) is 4.98. The highest BCUT2D eigenvalue weighted by atomic mass is 32.2. The smallest absolute Gasteiger partial charge is 0.248 e. The molecular weight excluding hydrogens is 580 g/mol. The molecule has 0 radical (unpaired) electrons. The third kappa shape index (κ3) is 4.26. The van der Waals surface area contributed by atoms with Gasteiger partial charge in [-0.3, -0.25) is 14.4 Å². The first kappa shape index (κ1) is 28.6. The van der Waals surface area contributed by atoms with E-state index in [0.717, 1.165) is 11.0 Å². The Hall–Kier alpha value is -4.16. The molecule has 4 aliphatic rings. The van der Waals surface area contributed by atoms with Gasteiger partial charge in [0.2, 0.25) is 17.7 Å². The Bertz CT molecular complexity index is 1690. The number of ether oxygens (including phenoxy) is 1. The van der Waals surface area contributed by atoms with Crippen LogP contribution in [0.4, 0.5) is 5.69 Å². The molecule has 1 N–H and O–H groups in total. The molecule has 0 aliphatic carbocycles. The Labute approximate surface area is 259 Å². The van der Waals surface area contributed by atoms with Crippen molar-refractivity contribution in [2.45, 2.75) is 36.1 Å². The van der Waals surface area contributed by atoms with E-state index in [2.05, 4.69) is 10.3 Å². The number of carbonyl (C=O) groups is 3. The molecule has 7 rings (SSSR count). The number of aromatic nitrogens is 3. The maximum atomic E-state index is 14.5. The van der Waals surface area contributed by atoms with E-state index in [1.165, 1.54) is 16.7 Å². The summed E-state index contributed by atoms with van der Waals surface area (Å²) in [4.78, 5) is 48.3. The maximum Gasteiger partial charge on any atom is 0.248 e. The van der Waals surface area contributed by atoms with Gasteiger partial charge < -0.3 is 24.5 Å². The number of hydrogen-bond donors (Lipinski definition) is 1. The molecule has 5 heterocycles. The molecule has 1 aromatic heterocycles. The van der Waals surface area contributed by atoms with Crippen LogP contribution in [-0.4, -0.2) is 96.0 Å². The van der Waals surface area contributed by atoms with Gasteiger partial charge in [-0.1, -0.05) is 41.7 Å². The van der Waals surface area contributed by atoms with Crippen molar-refractivity contribution in [3.05, 3.63) is 72.8 Å². The van der Waals surface area contributed by atoms with Gasteiger partial charge in [-0.2, -0.15) is 0 Å². The summed E-state index contributed by atoms with van der Waals surface area (Å²) in [6.07, 6.45) is 7.92. The lowest BCUT2D eigenvalue weighted by atomic mass is 9.74. The molecule has 4 aliphatic heterocycles. The summed E-state index contributed by atoms with van der Waals surface area (Å²) in [6, 6.07) is 14.0. The predicted molar refractivity (Wildman–Crippen MR) is 166 cm³/mol. The van der Waals surface area contributed by atoms with E-state index in [9.17, 15) is 19.5 Å². The third-order valence-corrected chi connectivity index (χ3v) is 11.0. The number of carbonyl (C=O) groups excluding carboxylic acids is 3. The maximum absolute atomic E-state index is 14.5. The second-order valence-electron chi connectivity index (χ2n) is 11.7. The number of anilines is 1. The molecule has 5 atom stereocenters. The minimum Gasteiger partial charge on any atom is -0.494 e. The van der Waals surface area contributed by atoms with Gasteiger partial charge >= 0.3 is 0 Å². The van der Waals surface area contributed by atoms with Gasteiger partial charge in [-0.05, 0) is 50.2 Å². The lowest BCUT2D eigenvalue weighted by molar-refractivity contribution is -0.144. The second-order valence-corrected chi connectivity index (χ2v) is 13.5. The highest BCUT2D eigenvalue weighted by molar-refractivity contribution is 8.02. The standard InChI is InChI=1S/C32H34N6O5S/c1-3-43-22-12-10-21(11-13-22)36-17-6-14-31(2)25(28(36)40)26-29(41)37(18-19-39)27-30(42)35(16-7-15-32(26,27)44-31)20-38-24-9-5-4-8-23(24)33-34-38/h4-15,25-27,39H,3,16-20H2,1-2H3/t25-,26+,27?,31+,32+/m1/s1. The van der Waals surface area contributed by atoms with Crippen molar-refractivity contribution in [3.8, 4) is 5.75 Å². The number of likely N-dealkylation sites (tertiary alicyclic amines) is 1. The van der Waals surface area contributed by atoms with Crippen molar-refractivity contribution >= 4 is 46.2 Å². The SMILES string of the molecule is CCOc1ccc(N2CC=C[C@]3(C)S[C@]45C=CCN(Cn6nnc7ccccc76)C(=O)C4N(CCO)C(=O)[C@@H]5[C@@H]3C2=O)cc1. The minimum atomic E-state index is -0.996. The van der Waals surface area contributed by atoms with Crippen LogP contribution >= 0.6 is 11.8 Å². The van der Waals surface area contributed by atoms with Gasteiger partial charge in [0.25, 0.3) is 0 Å². The van der Waals surface area contributed by atoms with Gasteiger partial charge in [-0.25, -0.2) is 4.68 Å². The van der Waals surface area contributed by atoms with Crippen molar-refractivity contribution in [1.82, 2.24) is 24.8 Å². The summed E-state index contributed by atoms with van der Waals surface area (Å²) in [5, 5.41) is 18.5. The Morgan fingerprint density at radius 3 is 2.52 bits per heavy atom. The van der Waals surface area contributed by atoms with Crippen LogP contribution in [0.5, 0.6) is 5.75 Å². The molecule has 2 saturated heterocycles. The highest BCUT2D eigenvalue weighted by Crippen LogP contribution is 2.65. The van der Waals surface area contributed by atoms with Crippen LogP contribution in [0.25, 0.3) is 11.0 Å². The number of fused-ring (bicyclic) bond motifs is 3. The monoisotopic (exact) mass is 614 g/mol. The molecule has 2 fully saturated rings. The van der Waals surface area contributed by atoms with E-state index in [0.29, 0.717) is 31.1 Å². The molecule has 11 nitrogen and oxygen atoms in total. The molecule has 3 aromatic rings. The molecular formula is C32H34N6O5S. The Morgan fingerprint density at radius 1 is 0.977 bits per heavy atom. The number of para-hydroxylation sites is 1. The third-order valence-electron chi connectivity index (χ3n) is 9.17. The highest BCUT2D eigenvalue weighted by Gasteiger charge is 2.73. The summed E-state index contributed by atoms with van der Waals surface area (Å²) in [7, 11) is 0. The molecule has 12 heteroatoms. The predicted octanol–water partition coefficient (Wildman–Crippen LogP) is 2.47. The number of β-amino-alcohol motifs (C(OH)–C–C–N with tert-alkyl or cyclic N) is 1. The van der Waals surface area contributed by atoms with Crippen LogP contribution < -0.4 is 9.64 Å². The van der Waals surface area contributed by atoms with Crippen molar-refractivity contribution in [2.75, 3.05) is 37.7 Å². The zero-order valence-electron chi connectivity index (χ0n) is 24.6. The number of thioether (sulfide) groups is 1. The lowest BCUT2D eigenvalue weighted by Crippen LogP contribution is -2.54. The van der Waals surface area contributed by atoms with Crippen molar-refractivity contribution in [2.24, 2.45) is 11.8 Å². The molecule has 44 heavy (non-hydrogen) atoms. The summed E-state index contributed by atoms with van der Waals surface area (Å²) < 4.78 is 5.54. The molecule has 0 saturated carbocycles. The number of aliphatic hydroxyl groups is 1. The van der Waals surface area contributed by atoms with Gasteiger partial charge in [0.1, 0.15) is 24.0 Å². The minimum absolute atomic E-state index is 0.00193. The van der Waals surface area contributed by atoms with E-state index in [1.54, 1.807) is 14.5 Å². The Balaban J connectivity index is 1.26. The van der Waals surface area contributed by atoms with E-state index in [-0.39, 0.29) is 37.5 Å². The van der Waals surface area contributed by atoms with Gasteiger partial charge in [0.15, 0.2) is 0 Å². The van der Waals surface area contributed by atoms with E-state index < -0.39 is 27.4 Å². The number of hydrogen-bond acceptors (Lipinski definition) is 8. The molecule has 3 amide bonds. The average molecular weight is 615 g/mol. The first-order chi connectivity index (χ1) is 21.3. The fraction of sp³-hybridized carbons (Fsp3) is 0.406. The largest absolute Gasteiger partial charge is 0.494 e. The first-order valence-corrected chi connectivity index (χ1v) is 15.7. The number of nitrogens with zero attached hydrogens (tertiary/aromatic N) is 6. The zero-order chi connectivity index (χ0) is 30.6. The van der Waals surface area contributed by atoms with Crippen LogP contribution in [0.2, 0.25) is 0 Å². The first-order valence-electron chi connectivity index (χ1n) is 14.9. The molecule has 2 aromatic carbocycles. The number of benzene rings is 2. The van der Waals surface area contributed by atoms with Crippen LogP contribution in [-0.2, 0) is 21.1 Å². The fourth-order valence-electron chi connectivity index (χ4n) is 7.35. The van der Waals surface area contributed by atoms with Gasteiger partial charge in [0, 0.05) is 30.1 Å². The molecule has 1 spiro atoms. The van der Waals surface area contributed by atoms with Crippen LogP contribution in [0.3, 0.4) is 0 Å². The second kappa shape index (κ2) is 10.8. The quantitative estimate of drug-likeness (QED) is 0.403. The Kier molecular flexibility index (Phi) is 7.00. The lowest BCUT2D eigenvalue weighted by Gasteiger charge is -2.36. The summed E-state index contributed by atoms with van der Waals surface area (Å²) in [5.41, 5.74) is 2.23. The number of amides is 3. The molecule has 1 unspecified atom stereocenters. The van der Waals surface area contributed by atoms with E-state index in [1.807, 2.05) is 86.7 Å². The Morgan fingerprint density at radius 2 is 1.75 bits per heavy atom. The van der Waals surface area contributed by atoms with Crippen LogP contribution in [0, 0.1) is 11.8 Å². The normalized spacial score (nSPS) is 29.6. The zero-order valence-corrected chi connectivity index (χ0v) is 25.4. The van der Waals surface area contributed by atoms with Crippen LogP contribution in [0.1, 0.15) is 13.8 Å². The van der Waals surface area contributed by atoms with E-state index >= 15 is 0 Å². The fourth-order valence-corrected chi connectivity index (χ4v) is 9.51. The summed E-state index contributed by atoms with van der Waals surface area (Å²) >= 11 is 1.52. The van der Waals surface area contributed by atoms with Gasteiger partial charge in [-0.15, -0.1) is 16.9 Å². The van der Waals surface area contributed by atoms with Crippen molar-refractivity contribution in [3.63, 3.8) is 0 Å². The average Bonchev–Trinajstić information content (AvgIpc) is 3.54. The van der Waals surface area contributed by atoms with Crippen molar-refractivity contribution in [1.29, 1.82) is 0 Å².